The molecule has 0 saturated heterocycles. The van der Waals surface area contributed by atoms with E-state index in [0.717, 1.165) is 12.8 Å². The van der Waals surface area contributed by atoms with Crippen LogP contribution in [0.15, 0.2) is 11.6 Å². The van der Waals surface area contributed by atoms with Crippen LogP contribution in [0.1, 0.15) is 33.1 Å². The van der Waals surface area contributed by atoms with E-state index in [9.17, 15) is 4.79 Å². The van der Waals surface area contributed by atoms with E-state index < -0.39 is 0 Å². The molecule has 0 saturated carbocycles. The molecular weight excluding hydrogens is 443 g/mol. The van der Waals surface area contributed by atoms with E-state index >= 15 is 0 Å². The molecule has 0 aromatic heterocycles. The summed E-state index contributed by atoms with van der Waals surface area (Å²) in [5.41, 5.74) is 14.9. The largest absolute Gasteiger partial charge is 0.674 e. The summed E-state index contributed by atoms with van der Waals surface area (Å²) in [6, 6.07) is -0.339. The van der Waals surface area contributed by atoms with Crippen molar-refractivity contribution in [2.75, 3.05) is 7.11 Å². The van der Waals surface area contributed by atoms with E-state index in [0.29, 0.717) is 17.9 Å². The van der Waals surface area contributed by atoms with E-state index in [1.165, 1.54) is 7.11 Å². The molecule has 0 aliphatic heterocycles. The SMILES string of the molecule is CCC(CC)C([NH-])[C@@H]1C=C(C(=O)OC)C[C@H]1N.[Ac]. The number of nitrogens with one attached hydrogen (secondary N) is 1. The van der Waals surface area contributed by atoms with Crippen molar-refractivity contribution in [1.29, 1.82) is 0 Å². The van der Waals surface area contributed by atoms with Crippen LogP contribution in [0.2, 0.25) is 0 Å². The van der Waals surface area contributed by atoms with Crippen molar-refractivity contribution in [1.82, 2.24) is 0 Å². The van der Waals surface area contributed by atoms with Crippen LogP contribution >= 0.6 is 0 Å². The first-order valence-electron chi connectivity index (χ1n) is 6.30. The average Bonchev–Trinajstić information content (AvgIpc) is 2.71. The molecule has 0 aromatic carbocycles. The van der Waals surface area contributed by atoms with Crippen molar-refractivity contribution in [2.45, 2.75) is 45.2 Å². The Hall–Kier alpha value is 0.572. The molecular formula is C13H23AcN2O2-. The second kappa shape index (κ2) is 8.68. The number of rotatable bonds is 5. The Morgan fingerprint density at radius 2 is 2.11 bits per heavy atom. The van der Waals surface area contributed by atoms with Crippen molar-refractivity contribution in [2.24, 2.45) is 17.6 Å². The average molecular weight is 466 g/mol. The molecule has 1 aliphatic rings. The summed E-state index contributed by atoms with van der Waals surface area (Å²) >= 11 is 0. The first kappa shape index (κ1) is 18.6. The molecule has 18 heavy (non-hydrogen) atoms. The molecule has 3 atom stereocenters. The van der Waals surface area contributed by atoms with Gasteiger partial charge in [-0.25, -0.2) is 4.79 Å². The summed E-state index contributed by atoms with van der Waals surface area (Å²) in [5.74, 6) is 0.0213. The van der Waals surface area contributed by atoms with Gasteiger partial charge in [0.25, 0.3) is 0 Å². The molecule has 4 nitrogen and oxygen atoms in total. The standard InChI is InChI=1S/C13H23N2O2.Ac/c1-4-8(5-2)12(15)10-6-9(7-11(10)14)13(16)17-3;/h6,8,10-12,15H,4-5,7,14H2,1-3H3;/q-1;/t10-,11-,12?;/m1./s1. The van der Waals surface area contributed by atoms with E-state index in [2.05, 4.69) is 13.8 Å². The fourth-order valence-corrected chi connectivity index (χ4v) is 2.58. The zero-order valence-corrected chi connectivity index (χ0v) is 16.2. The summed E-state index contributed by atoms with van der Waals surface area (Å²) < 4.78 is 4.70. The molecule has 0 aromatic rings. The van der Waals surface area contributed by atoms with Crippen LogP contribution in [0.5, 0.6) is 0 Å². The van der Waals surface area contributed by atoms with E-state index in [-0.39, 0.29) is 68.0 Å². The fraction of sp³-hybridized carbons (Fsp3) is 0.769. The molecule has 0 spiro atoms. The van der Waals surface area contributed by atoms with Crippen LogP contribution in [0, 0.1) is 55.9 Å². The van der Waals surface area contributed by atoms with Gasteiger partial charge in [0, 0.05) is 55.7 Å². The molecule has 0 fully saturated rings. The number of ether oxygens (including phenoxy) is 1. The van der Waals surface area contributed by atoms with Gasteiger partial charge in [-0.15, -0.1) is 6.04 Å². The van der Waals surface area contributed by atoms with Crippen molar-refractivity contribution in [3.63, 3.8) is 0 Å². The van der Waals surface area contributed by atoms with E-state index in [1.54, 1.807) is 0 Å². The van der Waals surface area contributed by atoms with Gasteiger partial charge in [-0.1, -0.05) is 38.7 Å². The van der Waals surface area contributed by atoms with Crippen LogP contribution in [0.25, 0.3) is 5.73 Å². The second-order valence-electron chi connectivity index (χ2n) is 4.73. The first-order chi connectivity index (χ1) is 8.04. The van der Waals surface area contributed by atoms with Gasteiger partial charge in [0.2, 0.25) is 0 Å². The summed E-state index contributed by atoms with van der Waals surface area (Å²) in [6.45, 7) is 4.20. The second-order valence-corrected chi connectivity index (χ2v) is 4.73. The molecule has 1 aliphatic carbocycles. The predicted molar refractivity (Wildman–Crippen MR) is 68.4 cm³/mol. The van der Waals surface area contributed by atoms with Crippen LogP contribution in [-0.4, -0.2) is 25.2 Å². The third-order valence-electron chi connectivity index (χ3n) is 3.76. The maximum atomic E-state index is 11.4. The Kier molecular flexibility index (Phi) is 8.96. The summed E-state index contributed by atoms with van der Waals surface area (Å²) in [4.78, 5) is 11.4. The van der Waals surface area contributed by atoms with E-state index in [4.69, 9.17) is 16.2 Å². The summed E-state index contributed by atoms with van der Waals surface area (Å²) in [6.07, 6.45) is 4.35. The smallest absolute Gasteiger partial charge is 0.333 e. The van der Waals surface area contributed by atoms with E-state index in [1.807, 2.05) is 6.08 Å². The van der Waals surface area contributed by atoms with Crippen molar-refractivity contribution >= 4 is 5.97 Å². The van der Waals surface area contributed by atoms with Crippen molar-refractivity contribution < 1.29 is 53.6 Å². The van der Waals surface area contributed by atoms with Gasteiger partial charge in [0.1, 0.15) is 0 Å². The predicted octanol–water partition coefficient (Wildman–Crippen LogP) is 2.29. The number of nitrogens with two attached hydrogens (primary N) is 1. The maximum Gasteiger partial charge on any atom is 0.333 e. The van der Waals surface area contributed by atoms with Crippen molar-refractivity contribution in [3.8, 4) is 0 Å². The molecule has 1 unspecified atom stereocenters. The van der Waals surface area contributed by atoms with Crippen LogP contribution < -0.4 is 5.73 Å². The fourth-order valence-electron chi connectivity index (χ4n) is 2.58. The normalized spacial score (nSPS) is 24.4. The van der Waals surface area contributed by atoms with Gasteiger partial charge in [0.15, 0.2) is 0 Å². The zero-order chi connectivity index (χ0) is 13.0. The Morgan fingerprint density at radius 3 is 2.56 bits per heavy atom. The van der Waals surface area contributed by atoms with Gasteiger partial charge in [-0.3, -0.25) is 0 Å². The Bertz CT molecular complexity index is 303. The summed E-state index contributed by atoms with van der Waals surface area (Å²) in [7, 11) is 1.38. The molecule has 0 bridgehead atoms. The number of carbonyl (C=O) groups excluding carboxylic acids is 1. The third kappa shape index (κ3) is 4.30. The minimum atomic E-state index is -0.306. The van der Waals surface area contributed by atoms with Crippen LogP contribution in [0.3, 0.4) is 0 Å². The van der Waals surface area contributed by atoms with Crippen molar-refractivity contribution in [3.05, 3.63) is 17.4 Å². The number of carbonyl (C=O) groups is 1. The molecule has 1 rings (SSSR count). The van der Waals surface area contributed by atoms with Crippen LogP contribution in [-0.2, 0) is 9.53 Å². The number of methoxy groups -OCH3 is 1. The Labute approximate surface area is 145 Å². The minimum Gasteiger partial charge on any atom is -0.674 e. The molecule has 1 radical (unpaired) electrons. The number of esters is 1. The quantitative estimate of drug-likeness (QED) is 0.632. The third-order valence-corrected chi connectivity index (χ3v) is 3.76. The molecule has 5 heteroatoms. The summed E-state index contributed by atoms with van der Waals surface area (Å²) in [5, 5.41) is 0. The maximum absolute atomic E-state index is 11.4. The number of hydrogen-bond donors (Lipinski definition) is 1. The zero-order valence-electron chi connectivity index (χ0n) is 11.5. The van der Waals surface area contributed by atoms with Gasteiger partial charge < -0.3 is 16.2 Å². The van der Waals surface area contributed by atoms with Crippen LogP contribution in [0.4, 0.5) is 0 Å². The minimum absolute atomic E-state index is 0. The topological polar surface area (TPSA) is 76.1 Å². The monoisotopic (exact) mass is 466 g/mol. The molecule has 0 amide bonds. The Morgan fingerprint density at radius 1 is 1.56 bits per heavy atom. The molecule has 101 valence electrons. The van der Waals surface area contributed by atoms with Gasteiger partial charge in [-0.2, -0.15) is 0 Å². The van der Waals surface area contributed by atoms with Gasteiger partial charge in [0.05, 0.1) is 7.11 Å². The van der Waals surface area contributed by atoms with Gasteiger partial charge >= 0.3 is 5.97 Å². The van der Waals surface area contributed by atoms with Gasteiger partial charge in [-0.05, 0) is 12.3 Å². The number of hydrogen-bond acceptors (Lipinski definition) is 3. The first-order valence-corrected chi connectivity index (χ1v) is 6.30. The molecule has 0 heterocycles. The Balaban J connectivity index is 0.00000289. The molecule has 3 N–H and O–H groups in total.